The van der Waals surface area contributed by atoms with E-state index in [1.54, 1.807) is 24.3 Å². The number of amides is 1. The molecule has 1 unspecified atom stereocenters. The number of halogens is 1. The lowest BCUT2D eigenvalue weighted by Gasteiger charge is -2.14. The summed E-state index contributed by atoms with van der Waals surface area (Å²) in [6, 6.07) is 14.4. The van der Waals surface area contributed by atoms with Crippen molar-refractivity contribution in [2.45, 2.75) is 26.4 Å². The molecule has 0 radical (unpaired) electrons. The van der Waals surface area contributed by atoms with E-state index in [0.717, 1.165) is 11.3 Å². The van der Waals surface area contributed by atoms with Crippen LogP contribution in [0, 0.1) is 6.92 Å². The summed E-state index contributed by atoms with van der Waals surface area (Å²) in [4.78, 5) is 23.9. The molecule has 0 spiro atoms. The SMILES string of the molecule is Cc1ccccc1OCCC(=O)OC(C)C(=O)Nc1ccccc1Cl. The average molecular weight is 362 g/mol. The van der Waals surface area contributed by atoms with Crippen LogP contribution in [-0.2, 0) is 14.3 Å². The molecule has 2 rings (SSSR count). The van der Waals surface area contributed by atoms with Gasteiger partial charge >= 0.3 is 5.97 Å². The summed E-state index contributed by atoms with van der Waals surface area (Å²) < 4.78 is 10.7. The molecule has 0 saturated heterocycles. The summed E-state index contributed by atoms with van der Waals surface area (Å²) in [6.07, 6.45) is -0.875. The monoisotopic (exact) mass is 361 g/mol. The topological polar surface area (TPSA) is 64.6 Å². The number of hydrogen-bond donors (Lipinski definition) is 1. The fourth-order valence-electron chi connectivity index (χ4n) is 2.07. The quantitative estimate of drug-likeness (QED) is 0.757. The normalized spacial score (nSPS) is 11.5. The van der Waals surface area contributed by atoms with E-state index in [9.17, 15) is 9.59 Å². The minimum Gasteiger partial charge on any atom is -0.493 e. The summed E-state index contributed by atoms with van der Waals surface area (Å²) in [6.45, 7) is 3.61. The highest BCUT2D eigenvalue weighted by Gasteiger charge is 2.18. The first kappa shape index (κ1) is 18.8. The van der Waals surface area contributed by atoms with E-state index in [-0.39, 0.29) is 13.0 Å². The molecule has 5 nitrogen and oxygen atoms in total. The molecule has 0 aliphatic rings. The number of hydrogen-bond acceptors (Lipinski definition) is 4. The van der Waals surface area contributed by atoms with Gasteiger partial charge in [-0.15, -0.1) is 0 Å². The standard InChI is InChI=1S/C19H20ClNO4/c1-13-7-3-6-10-17(13)24-12-11-18(22)25-14(2)19(23)21-16-9-5-4-8-15(16)20/h3-10,14H,11-12H2,1-2H3,(H,21,23). The molecule has 132 valence electrons. The number of rotatable bonds is 7. The maximum atomic E-state index is 12.1. The van der Waals surface area contributed by atoms with Crippen molar-refractivity contribution in [3.8, 4) is 5.75 Å². The number of esters is 1. The third-order valence-electron chi connectivity index (χ3n) is 3.47. The van der Waals surface area contributed by atoms with E-state index in [1.807, 2.05) is 31.2 Å². The van der Waals surface area contributed by atoms with Crippen molar-refractivity contribution in [1.82, 2.24) is 0 Å². The molecule has 6 heteroatoms. The number of anilines is 1. The van der Waals surface area contributed by atoms with Gasteiger partial charge in [-0.05, 0) is 37.6 Å². The van der Waals surface area contributed by atoms with Crippen molar-refractivity contribution in [2.75, 3.05) is 11.9 Å². The number of carbonyl (C=O) groups excluding carboxylic acids is 2. The summed E-state index contributed by atoms with van der Waals surface area (Å²) in [5, 5.41) is 3.04. The van der Waals surface area contributed by atoms with Crippen molar-refractivity contribution < 1.29 is 19.1 Å². The van der Waals surface area contributed by atoms with Gasteiger partial charge in [-0.25, -0.2) is 0 Å². The van der Waals surface area contributed by atoms with E-state index in [1.165, 1.54) is 6.92 Å². The highest BCUT2D eigenvalue weighted by molar-refractivity contribution is 6.33. The summed E-state index contributed by atoms with van der Waals surface area (Å²) in [5.74, 6) is -0.225. The maximum absolute atomic E-state index is 12.1. The molecule has 0 aromatic heterocycles. The number of ether oxygens (including phenoxy) is 2. The summed E-state index contributed by atoms with van der Waals surface area (Å²) in [5.41, 5.74) is 1.46. The minimum atomic E-state index is -0.928. The Morgan fingerprint density at radius 2 is 1.80 bits per heavy atom. The van der Waals surface area contributed by atoms with E-state index in [4.69, 9.17) is 21.1 Å². The Morgan fingerprint density at radius 1 is 1.12 bits per heavy atom. The molecule has 1 amide bonds. The van der Waals surface area contributed by atoms with Gasteiger partial charge in [-0.3, -0.25) is 9.59 Å². The number of carbonyl (C=O) groups is 2. The van der Waals surface area contributed by atoms with Crippen LogP contribution in [0.5, 0.6) is 5.75 Å². The fourth-order valence-corrected chi connectivity index (χ4v) is 2.25. The van der Waals surface area contributed by atoms with Crippen LogP contribution < -0.4 is 10.1 Å². The van der Waals surface area contributed by atoms with Crippen LogP contribution in [0.4, 0.5) is 5.69 Å². The predicted molar refractivity (Wildman–Crippen MR) is 96.9 cm³/mol. The van der Waals surface area contributed by atoms with E-state index >= 15 is 0 Å². The molecule has 1 atom stereocenters. The smallest absolute Gasteiger partial charge is 0.310 e. The zero-order valence-corrected chi connectivity index (χ0v) is 14.9. The molecular weight excluding hydrogens is 342 g/mol. The average Bonchev–Trinajstić information content (AvgIpc) is 2.58. The van der Waals surface area contributed by atoms with E-state index < -0.39 is 18.0 Å². The van der Waals surface area contributed by atoms with Crippen LogP contribution >= 0.6 is 11.6 Å². The van der Waals surface area contributed by atoms with E-state index in [0.29, 0.717) is 10.7 Å². The van der Waals surface area contributed by atoms with Gasteiger partial charge in [-0.2, -0.15) is 0 Å². The first-order valence-electron chi connectivity index (χ1n) is 7.90. The van der Waals surface area contributed by atoms with Crippen LogP contribution in [0.2, 0.25) is 5.02 Å². The molecule has 25 heavy (non-hydrogen) atoms. The fraction of sp³-hybridized carbons (Fsp3) is 0.263. The number of para-hydroxylation sites is 2. The third kappa shape index (κ3) is 5.80. The van der Waals surface area contributed by atoms with Gasteiger partial charge in [0.25, 0.3) is 5.91 Å². The Bertz CT molecular complexity index is 748. The zero-order chi connectivity index (χ0) is 18.2. The molecule has 0 saturated carbocycles. The first-order valence-corrected chi connectivity index (χ1v) is 8.28. The van der Waals surface area contributed by atoms with Crippen molar-refractivity contribution in [3.63, 3.8) is 0 Å². The van der Waals surface area contributed by atoms with Gasteiger partial charge in [0.1, 0.15) is 5.75 Å². The minimum absolute atomic E-state index is 0.0536. The molecule has 0 heterocycles. The van der Waals surface area contributed by atoms with Crippen molar-refractivity contribution in [3.05, 3.63) is 59.1 Å². The van der Waals surface area contributed by atoms with Crippen LogP contribution in [0.1, 0.15) is 18.9 Å². The van der Waals surface area contributed by atoms with Crippen LogP contribution in [-0.4, -0.2) is 24.6 Å². The number of nitrogens with one attached hydrogen (secondary N) is 1. The largest absolute Gasteiger partial charge is 0.493 e. The second-order valence-electron chi connectivity index (χ2n) is 5.47. The van der Waals surface area contributed by atoms with Gasteiger partial charge in [0.15, 0.2) is 6.10 Å². The molecule has 1 N–H and O–H groups in total. The van der Waals surface area contributed by atoms with Crippen LogP contribution in [0.25, 0.3) is 0 Å². The molecule has 0 bridgehead atoms. The lowest BCUT2D eigenvalue weighted by Crippen LogP contribution is -2.30. The van der Waals surface area contributed by atoms with Gasteiger partial charge in [0.2, 0.25) is 0 Å². The Morgan fingerprint density at radius 3 is 2.52 bits per heavy atom. The Kier molecular flexibility index (Phi) is 6.83. The van der Waals surface area contributed by atoms with E-state index in [2.05, 4.69) is 5.32 Å². The second kappa shape index (κ2) is 9.08. The van der Waals surface area contributed by atoms with Crippen LogP contribution in [0.3, 0.4) is 0 Å². The lowest BCUT2D eigenvalue weighted by molar-refractivity contribution is -0.153. The molecule has 0 aliphatic carbocycles. The Balaban J connectivity index is 1.77. The number of benzene rings is 2. The third-order valence-corrected chi connectivity index (χ3v) is 3.80. The van der Waals surface area contributed by atoms with Gasteiger partial charge in [-0.1, -0.05) is 41.9 Å². The van der Waals surface area contributed by atoms with Gasteiger partial charge in [0.05, 0.1) is 23.7 Å². The van der Waals surface area contributed by atoms with Crippen molar-refractivity contribution in [2.24, 2.45) is 0 Å². The second-order valence-corrected chi connectivity index (χ2v) is 5.87. The van der Waals surface area contributed by atoms with Crippen LogP contribution in [0.15, 0.2) is 48.5 Å². The summed E-state index contributed by atoms with van der Waals surface area (Å²) >= 11 is 5.98. The van der Waals surface area contributed by atoms with Gasteiger partial charge < -0.3 is 14.8 Å². The van der Waals surface area contributed by atoms with Crippen molar-refractivity contribution >= 4 is 29.2 Å². The number of aryl methyl sites for hydroxylation is 1. The predicted octanol–water partition coefficient (Wildman–Crippen LogP) is 3.99. The molecule has 0 fully saturated rings. The molecule has 0 aliphatic heterocycles. The molecular formula is C19H20ClNO4. The lowest BCUT2D eigenvalue weighted by atomic mass is 10.2. The molecule has 2 aromatic carbocycles. The highest BCUT2D eigenvalue weighted by Crippen LogP contribution is 2.21. The summed E-state index contributed by atoms with van der Waals surface area (Å²) in [7, 11) is 0. The van der Waals surface area contributed by atoms with Gasteiger partial charge in [0, 0.05) is 0 Å². The molecule has 2 aromatic rings. The van der Waals surface area contributed by atoms with Crippen molar-refractivity contribution in [1.29, 1.82) is 0 Å². The Labute approximate surface area is 151 Å². The first-order chi connectivity index (χ1) is 12.0. The zero-order valence-electron chi connectivity index (χ0n) is 14.1. The highest BCUT2D eigenvalue weighted by atomic mass is 35.5. The maximum Gasteiger partial charge on any atom is 0.310 e. The Hall–Kier alpha value is -2.53.